The van der Waals surface area contributed by atoms with Gasteiger partial charge in [-0.3, -0.25) is 4.79 Å². The van der Waals surface area contributed by atoms with Gasteiger partial charge in [0, 0.05) is 45.3 Å². The second-order valence-electron chi connectivity index (χ2n) is 7.98. The van der Waals surface area contributed by atoms with Crippen LogP contribution in [0.2, 0.25) is 0 Å². The Hall–Kier alpha value is -2.47. The van der Waals surface area contributed by atoms with Crippen LogP contribution >= 0.6 is 0 Å². The highest BCUT2D eigenvalue weighted by Gasteiger charge is 2.25. The molecule has 6 heteroatoms. The van der Waals surface area contributed by atoms with E-state index in [2.05, 4.69) is 57.1 Å². The zero-order valence-corrected chi connectivity index (χ0v) is 16.6. The summed E-state index contributed by atoms with van der Waals surface area (Å²) >= 11 is 0. The van der Waals surface area contributed by atoms with E-state index in [9.17, 15) is 4.79 Å². The topological polar surface area (TPSA) is 52.6 Å². The van der Waals surface area contributed by atoms with Crippen molar-refractivity contribution in [3.63, 3.8) is 0 Å². The summed E-state index contributed by atoms with van der Waals surface area (Å²) in [6.45, 7) is 5.52. The highest BCUT2D eigenvalue weighted by atomic mass is 16.2. The summed E-state index contributed by atoms with van der Waals surface area (Å²) in [4.78, 5) is 28.1. The number of nitrogens with zero attached hydrogens (tertiary/aromatic N) is 5. The quantitative estimate of drug-likeness (QED) is 0.816. The SMILES string of the molecule is CN1CCN(c2cc(C(=O)N3CCC(Cc4ccccc4)CC3)ncn2)CC1. The Morgan fingerprint density at radius 2 is 1.71 bits per heavy atom. The lowest BCUT2D eigenvalue weighted by molar-refractivity contribution is 0.0684. The lowest BCUT2D eigenvalue weighted by Crippen LogP contribution is -2.45. The molecule has 2 saturated heterocycles. The van der Waals surface area contributed by atoms with Crippen molar-refractivity contribution in [2.75, 3.05) is 51.2 Å². The molecule has 0 unspecified atom stereocenters. The van der Waals surface area contributed by atoms with Gasteiger partial charge in [-0.2, -0.15) is 0 Å². The molecule has 1 aromatic heterocycles. The molecule has 3 heterocycles. The van der Waals surface area contributed by atoms with E-state index in [-0.39, 0.29) is 5.91 Å². The number of hydrogen-bond donors (Lipinski definition) is 0. The molecule has 0 bridgehead atoms. The van der Waals surface area contributed by atoms with E-state index in [0.717, 1.165) is 64.3 Å². The van der Waals surface area contributed by atoms with Crippen LogP contribution in [-0.2, 0) is 6.42 Å². The molecule has 0 saturated carbocycles. The van der Waals surface area contributed by atoms with Crippen molar-refractivity contribution in [2.24, 2.45) is 5.92 Å². The first-order valence-electron chi connectivity index (χ1n) is 10.3. The van der Waals surface area contributed by atoms with Crippen LogP contribution in [0.25, 0.3) is 0 Å². The van der Waals surface area contributed by atoms with E-state index in [1.807, 2.05) is 11.0 Å². The molecule has 148 valence electrons. The highest BCUT2D eigenvalue weighted by Crippen LogP contribution is 2.23. The minimum Gasteiger partial charge on any atom is -0.354 e. The number of anilines is 1. The Morgan fingerprint density at radius 3 is 2.43 bits per heavy atom. The van der Waals surface area contributed by atoms with Crippen molar-refractivity contribution >= 4 is 11.7 Å². The van der Waals surface area contributed by atoms with Crippen LogP contribution in [0.15, 0.2) is 42.7 Å². The predicted molar refractivity (Wildman–Crippen MR) is 111 cm³/mol. The average molecular weight is 380 g/mol. The van der Waals surface area contributed by atoms with E-state index in [4.69, 9.17) is 0 Å². The van der Waals surface area contributed by atoms with E-state index >= 15 is 0 Å². The summed E-state index contributed by atoms with van der Waals surface area (Å²) in [6.07, 6.45) is 4.74. The minimum absolute atomic E-state index is 0.0379. The van der Waals surface area contributed by atoms with Gasteiger partial charge in [0.2, 0.25) is 0 Å². The van der Waals surface area contributed by atoms with Gasteiger partial charge in [0.25, 0.3) is 5.91 Å². The second kappa shape index (κ2) is 8.69. The molecule has 0 aliphatic carbocycles. The van der Waals surface area contributed by atoms with Crippen LogP contribution in [0, 0.1) is 5.92 Å². The molecule has 0 atom stereocenters. The number of likely N-dealkylation sites (N-methyl/N-ethyl adjacent to an activating group) is 1. The van der Waals surface area contributed by atoms with Gasteiger partial charge >= 0.3 is 0 Å². The van der Waals surface area contributed by atoms with E-state index in [1.54, 1.807) is 0 Å². The van der Waals surface area contributed by atoms with Crippen LogP contribution < -0.4 is 4.90 Å². The lowest BCUT2D eigenvalue weighted by atomic mass is 9.90. The first kappa shape index (κ1) is 18.9. The molecule has 2 fully saturated rings. The van der Waals surface area contributed by atoms with Crippen molar-refractivity contribution < 1.29 is 4.79 Å². The molecule has 0 spiro atoms. The molecule has 0 N–H and O–H groups in total. The number of piperazine rings is 1. The Kier molecular flexibility index (Phi) is 5.86. The van der Waals surface area contributed by atoms with Crippen molar-refractivity contribution in [2.45, 2.75) is 19.3 Å². The minimum atomic E-state index is 0.0379. The van der Waals surface area contributed by atoms with Gasteiger partial charge in [0.15, 0.2) is 0 Å². The largest absolute Gasteiger partial charge is 0.354 e. The molecule has 2 aromatic rings. The van der Waals surface area contributed by atoms with Gasteiger partial charge in [-0.25, -0.2) is 9.97 Å². The highest BCUT2D eigenvalue weighted by molar-refractivity contribution is 5.93. The maximum atomic E-state index is 13.0. The van der Waals surface area contributed by atoms with Crippen LogP contribution in [0.5, 0.6) is 0 Å². The molecule has 1 aromatic carbocycles. The van der Waals surface area contributed by atoms with Crippen LogP contribution in [0.1, 0.15) is 28.9 Å². The van der Waals surface area contributed by atoms with Gasteiger partial charge < -0.3 is 14.7 Å². The fourth-order valence-corrected chi connectivity index (χ4v) is 4.12. The van der Waals surface area contributed by atoms with Crippen LogP contribution in [0.3, 0.4) is 0 Å². The Morgan fingerprint density at radius 1 is 1.00 bits per heavy atom. The molecule has 0 radical (unpaired) electrons. The summed E-state index contributed by atoms with van der Waals surface area (Å²) in [6, 6.07) is 12.5. The number of rotatable bonds is 4. The summed E-state index contributed by atoms with van der Waals surface area (Å²) in [5.41, 5.74) is 1.91. The summed E-state index contributed by atoms with van der Waals surface area (Å²) in [5.74, 6) is 1.55. The van der Waals surface area contributed by atoms with Gasteiger partial charge in [0.05, 0.1) is 0 Å². The zero-order valence-electron chi connectivity index (χ0n) is 16.6. The third-order valence-corrected chi connectivity index (χ3v) is 5.97. The predicted octanol–water partition coefficient (Wildman–Crippen LogP) is 2.32. The number of carbonyl (C=O) groups excluding carboxylic acids is 1. The Labute approximate surface area is 167 Å². The molecule has 6 nitrogen and oxygen atoms in total. The monoisotopic (exact) mass is 379 g/mol. The van der Waals surface area contributed by atoms with E-state index in [1.165, 1.54) is 11.9 Å². The first-order valence-corrected chi connectivity index (χ1v) is 10.3. The number of carbonyl (C=O) groups is 1. The van der Waals surface area contributed by atoms with Gasteiger partial charge in [0.1, 0.15) is 17.8 Å². The number of aromatic nitrogens is 2. The van der Waals surface area contributed by atoms with Gasteiger partial charge in [-0.1, -0.05) is 30.3 Å². The van der Waals surface area contributed by atoms with E-state index < -0.39 is 0 Å². The first-order chi connectivity index (χ1) is 13.7. The number of amides is 1. The third kappa shape index (κ3) is 4.50. The van der Waals surface area contributed by atoms with Gasteiger partial charge in [-0.05, 0) is 37.8 Å². The average Bonchev–Trinajstić information content (AvgIpc) is 2.75. The molecule has 1 amide bonds. The standard InChI is InChI=1S/C22H29N5O/c1-25-11-13-26(14-12-25)21-16-20(23-17-24-21)22(28)27-9-7-19(8-10-27)15-18-5-3-2-4-6-18/h2-6,16-17,19H,7-15H2,1H3. The Balaban J connectivity index is 1.34. The second-order valence-corrected chi connectivity index (χ2v) is 7.98. The van der Waals surface area contributed by atoms with Crippen LogP contribution in [0.4, 0.5) is 5.82 Å². The summed E-state index contributed by atoms with van der Waals surface area (Å²) in [5, 5.41) is 0. The number of likely N-dealkylation sites (tertiary alicyclic amines) is 1. The molecular formula is C22H29N5O. The van der Waals surface area contributed by atoms with Crippen molar-refractivity contribution in [3.8, 4) is 0 Å². The van der Waals surface area contributed by atoms with Crippen LogP contribution in [-0.4, -0.2) is 72.0 Å². The normalized spacial score (nSPS) is 19.0. The summed E-state index contributed by atoms with van der Waals surface area (Å²) in [7, 11) is 2.13. The fraction of sp³-hybridized carbons (Fsp3) is 0.500. The van der Waals surface area contributed by atoms with Crippen molar-refractivity contribution in [1.82, 2.24) is 19.8 Å². The Bertz CT molecular complexity index is 781. The third-order valence-electron chi connectivity index (χ3n) is 5.97. The number of hydrogen-bond acceptors (Lipinski definition) is 5. The zero-order chi connectivity index (χ0) is 19.3. The molecule has 4 rings (SSSR count). The van der Waals surface area contributed by atoms with Crippen molar-refractivity contribution in [3.05, 3.63) is 54.0 Å². The summed E-state index contributed by atoms with van der Waals surface area (Å²) < 4.78 is 0. The molecule has 28 heavy (non-hydrogen) atoms. The maximum absolute atomic E-state index is 13.0. The smallest absolute Gasteiger partial charge is 0.272 e. The fourth-order valence-electron chi connectivity index (χ4n) is 4.12. The molecular weight excluding hydrogens is 350 g/mol. The molecule has 2 aliphatic rings. The van der Waals surface area contributed by atoms with Crippen molar-refractivity contribution in [1.29, 1.82) is 0 Å². The number of benzene rings is 1. The number of piperidine rings is 1. The lowest BCUT2D eigenvalue weighted by Gasteiger charge is -2.34. The van der Waals surface area contributed by atoms with Gasteiger partial charge in [-0.15, -0.1) is 0 Å². The van der Waals surface area contributed by atoms with E-state index in [0.29, 0.717) is 11.6 Å². The maximum Gasteiger partial charge on any atom is 0.272 e. The molecule has 2 aliphatic heterocycles.